The van der Waals surface area contributed by atoms with E-state index in [0.717, 1.165) is 0 Å². The normalized spacial score (nSPS) is 15.0. The maximum atomic E-state index is 12.5. The molecule has 0 bridgehead atoms. The summed E-state index contributed by atoms with van der Waals surface area (Å²) >= 11 is 1.37. The van der Waals surface area contributed by atoms with E-state index in [9.17, 15) is 14.4 Å². The van der Waals surface area contributed by atoms with Crippen LogP contribution in [0.2, 0.25) is 0 Å². The quantitative estimate of drug-likeness (QED) is 0.879. The van der Waals surface area contributed by atoms with Crippen molar-refractivity contribution in [1.29, 1.82) is 0 Å². The number of benzene rings is 1. The van der Waals surface area contributed by atoms with Crippen LogP contribution < -0.4 is 11.1 Å². The molecule has 1 aliphatic heterocycles. The molecule has 0 spiro atoms. The van der Waals surface area contributed by atoms with Gasteiger partial charge in [-0.25, -0.2) is 0 Å². The number of carbonyl (C=O) groups excluding carboxylic acids is 3. The Morgan fingerprint density at radius 1 is 1.08 bits per heavy atom. The Labute approximate surface area is 149 Å². The van der Waals surface area contributed by atoms with Gasteiger partial charge in [0.25, 0.3) is 11.8 Å². The predicted molar refractivity (Wildman–Crippen MR) is 96.5 cm³/mol. The van der Waals surface area contributed by atoms with E-state index >= 15 is 0 Å². The minimum absolute atomic E-state index is 0.0703. The Bertz CT molecular complexity index is 763. The van der Waals surface area contributed by atoms with Crippen molar-refractivity contribution in [1.82, 2.24) is 4.90 Å². The molecule has 2 aromatic rings. The van der Waals surface area contributed by atoms with Crippen LogP contribution in [0.15, 0.2) is 41.8 Å². The molecule has 1 aromatic carbocycles. The number of amides is 3. The second-order valence-corrected chi connectivity index (χ2v) is 6.93. The van der Waals surface area contributed by atoms with E-state index in [4.69, 9.17) is 5.73 Å². The van der Waals surface area contributed by atoms with E-state index in [2.05, 4.69) is 5.32 Å². The molecule has 6 nitrogen and oxygen atoms in total. The minimum Gasteiger partial charge on any atom is -0.369 e. The third kappa shape index (κ3) is 4.06. The molecular weight excluding hydrogens is 338 g/mol. The van der Waals surface area contributed by atoms with Gasteiger partial charge in [0, 0.05) is 30.3 Å². The minimum atomic E-state index is -0.294. The molecule has 0 saturated carbocycles. The smallest absolute Gasteiger partial charge is 0.265 e. The van der Waals surface area contributed by atoms with Gasteiger partial charge in [-0.05, 0) is 48.6 Å². The summed E-state index contributed by atoms with van der Waals surface area (Å²) in [6.45, 7) is 1.06. The summed E-state index contributed by atoms with van der Waals surface area (Å²) in [5, 5.41) is 4.65. The van der Waals surface area contributed by atoms with Gasteiger partial charge in [0.15, 0.2) is 0 Å². The van der Waals surface area contributed by atoms with Gasteiger partial charge in [0.05, 0.1) is 4.88 Å². The topological polar surface area (TPSA) is 92.5 Å². The van der Waals surface area contributed by atoms with Gasteiger partial charge in [0.1, 0.15) is 0 Å². The number of nitrogens with one attached hydrogen (secondary N) is 1. The Balaban J connectivity index is 1.59. The van der Waals surface area contributed by atoms with E-state index in [-0.39, 0.29) is 23.6 Å². The van der Waals surface area contributed by atoms with Crippen molar-refractivity contribution in [2.45, 2.75) is 12.8 Å². The van der Waals surface area contributed by atoms with Crippen LogP contribution in [0.3, 0.4) is 0 Å². The molecule has 1 aliphatic rings. The second-order valence-electron chi connectivity index (χ2n) is 5.98. The molecule has 1 aromatic heterocycles. The van der Waals surface area contributed by atoms with Gasteiger partial charge in [-0.2, -0.15) is 0 Å². The van der Waals surface area contributed by atoms with Crippen molar-refractivity contribution in [3.63, 3.8) is 0 Å². The molecule has 2 heterocycles. The lowest BCUT2D eigenvalue weighted by Crippen LogP contribution is -2.41. The van der Waals surface area contributed by atoms with Gasteiger partial charge in [0.2, 0.25) is 5.91 Å². The number of likely N-dealkylation sites (tertiary alicyclic amines) is 1. The maximum Gasteiger partial charge on any atom is 0.265 e. The fourth-order valence-corrected chi connectivity index (χ4v) is 3.47. The van der Waals surface area contributed by atoms with E-state index in [1.54, 1.807) is 35.2 Å². The first-order valence-electron chi connectivity index (χ1n) is 8.08. The number of rotatable bonds is 4. The molecule has 3 N–H and O–H groups in total. The number of primary amides is 1. The molecule has 1 saturated heterocycles. The summed E-state index contributed by atoms with van der Waals surface area (Å²) in [7, 11) is 0. The first-order valence-corrected chi connectivity index (χ1v) is 8.96. The zero-order chi connectivity index (χ0) is 17.8. The summed E-state index contributed by atoms with van der Waals surface area (Å²) in [4.78, 5) is 38.1. The lowest BCUT2D eigenvalue weighted by atomic mass is 9.96. The Morgan fingerprint density at radius 2 is 1.76 bits per heavy atom. The number of piperidine rings is 1. The monoisotopic (exact) mass is 357 g/mol. The van der Waals surface area contributed by atoms with Crippen LogP contribution in [0, 0.1) is 5.92 Å². The van der Waals surface area contributed by atoms with Gasteiger partial charge >= 0.3 is 0 Å². The van der Waals surface area contributed by atoms with Crippen LogP contribution in [0.25, 0.3) is 0 Å². The fraction of sp³-hybridized carbons (Fsp3) is 0.278. The van der Waals surface area contributed by atoms with Crippen molar-refractivity contribution in [3.8, 4) is 0 Å². The highest BCUT2D eigenvalue weighted by Gasteiger charge is 2.26. The number of carbonyl (C=O) groups is 3. The molecule has 25 heavy (non-hydrogen) atoms. The highest BCUT2D eigenvalue weighted by atomic mass is 32.1. The molecule has 0 aliphatic carbocycles. The van der Waals surface area contributed by atoms with Crippen LogP contribution in [0.5, 0.6) is 0 Å². The second kappa shape index (κ2) is 7.48. The number of anilines is 1. The molecule has 7 heteroatoms. The molecule has 130 valence electrons. The van der Waals surface area contributed by atoms with Crippen molar-refractivity contribution in [3.05, 3.63) is 52.2 Å². The SMILES string of the molecule is NC(=O)C1CCN(C(=O)c2ccc(NC(=O)c3cccs3)cc2)CC1. The molecule has 0 unspecified atom stereocenters. The van der Waals surface area contributed by atoms with Crippen LogP contribution in [-0.2, 0) is 4.79 Å². The zero-order valence-electron chi connectivity index (χ0n) is 13.6. The van der Waals surface area contributed by atoms with Crippen molar-refractivity contribution in [2.75, 3.05) is 18.4 Å². The standard InChI is InChI=1S/C18H19N3O3S/c19-16(22)12-7-9-21(10-8-12)18(24)13-3-5-14(6-4-13)20-17(23)15-2-1-11-25-15/h1-6,11-12H,7-10H2,(H2,19,22)(H,20,23). The summed E-state index contributed by atoms with van der Waals surface area (Å²) < 4.78 is 0. The van der Waals surface area contributed by atoms with Crippen molar-refractivity contribution < 1.29 is 14.4 Å². The van der Waals surface area contributed by atoms with Crippen molar-refractivity contribution in [2.24, 2.45) is 11.7 Å². The van der Waals surface area contributed by atoms with E-state index in [0.29, 0.717) is 42.1 Å². The third-order valence-corrected chi connectivity index (χ3v) is 5.19. The third-order valence-electron chi connectivity index (χ3n) is 4.32. The fourth-order valence-electron chi connectivity index (χ4n) is 2.85. The Kier molecular flexibility index (Phi) is 5.14. The van der Waals surface area contributed by atoms with Crippen LogP contribution in [0.4, 0.5) is 5.69 Å². The molecule has 1 fully saturated rings. The number of hydrogen-bond acceptors (Lipinski definition) is 4. The Hall–Kier alpha value is -2.67. The van der Waals surface area contributed by atoms with Gasteiger partial charge in [-0.15, -0.1) is 11.3 Å². The largest absolute Gasteiger partial charge is 0.369 e. The Morgan fingerprint density at radius 3 is 2.32 bits per heavy atom. The van der Waals surface area contributed by atoms with Crippen molar-refractivity contribution >= 4 is 34.7 Å². The molecule has 3 rings (SSSR count). The first kappa shape index (κ1) is 17.2. The number of hydrogen-bond donors (Lipinski definition) is 2. The number of nitrogens with zero attached hydrogens (tertiary/aromatic N) is 1. The average molecular weight is 357 g/mol. The van der Waals surface area contributed by atoms with Gasteiger partial charge in [-0.1, -0.05) is 6.07 Å². The lowest BCUT2D eigenvalue weighted by Gasteiger charge is -2.30. The molecule has 0 radical (unpaired) electrons. The van der Waals surface area contributed by atoms with E-state index in [1.807, 2.05) is 11.4 Å². The molecular formula is C18H19N3O3S. The summed E-state index contributed by atoms with van der Waals surface area (Å²) in [5.74, 6) is -0.668. The van der Waals surface area contributed by atoms with Crippen LogP contribution >= 0.6 is 11.3 Å². The highest BCUT2D eigenvalue weighted by Crippen LogP contribution is 2.20. The first-order chi connectivity index (χ1) is 12.0. The summed E-state index contributed by atoms with van der Waals surface area (Å²) in [6, 6.07) is 10.4. The molecule has 0 atom stereocenters. The summed E-state index contributed by atoms with van der Waals surface area (Å²) in [6.07, 6.45) is 1.21. The van der Waals surface area contributed by atoms with Gasteiger partial charge in [-0.3, -0.25) is 14.4 Å². The lowest BCUT2D eigenvalue weighted by molar-refractivity contribution is -0.123. The average Bonchev–Trinajstić information content (AvgIpc) is 3.17. The summed E-state index contributed by atoms with van der Waals surface area (Å²) in [5.41, 5.74) is 6.52. The zero-order valence-corrected chi connectivity index (χ0v) is 14.4. The predicted octanol–water partition coefficient (Wildman–Crippen LogP) is 2.34. The van der Waals surface area contributed by atoms with Crippen LogP contribution in [-0.4, -0.2) is 35.7 Å². The number of nitrogens with two attached hydrogens (primary N) is 1. The van der Waals surface area contributed by atoms with Gasteiger partial charge < -0.3 is 16.0 Å². The van der Waals surface area contributed by atoms with E-state index < -0.39 is 0 Å². The van der Waals surface area contributed by atoms with E-state index in [1.165, 1.54) is 11.3 Å². The maximum absolute atomic E-state index is 12.5. The highest BCUT2D eigenvalue weighted by molar-refractivity contribution is 7.12. The van der Waals surface area contributed by atoms with Crippen LogP contribution in [0.1, 0.15) is 32.9 Å². The number of thiophene rings is 1. The molecule has 3 amide bonds.